The molecular formula is C14H20N4O2. The zero-order valence-corrected chi connectivity index (χ0v) is 11.8. The first-order valence-corrected chi connectivity index (χ1v) is 6.54. The molecule has 6 nitrogen and oxygen atoms in total. The van der Waals surface area contributed by atoms with E-state index in [4.69, 9.17) is 4.74 Å². The summed E-state index contributed by atoms with van der Waals surface area (Å²) in [5.74, 6) is 1.50. The number of pyridine rings is 1. The minimum Gasteiger partial charge on any atom is -0.481 e. The highest BCUT2D eigenvalue weighted by Crippen LogP contribution is 2.11. The summed E-state index contributed by atoms with van der Waals surface area (Å²) in [5, 5.41) is 9.18. The van der Waals surface area contributed by atoms with Crippen molar-refractivity contribution in [2.24, 2.45) is 0 Å². The Labute approximate surface area is 118 Å². The minimum atomic E-state index is 0.122. The molecule has 0 aliphatic carbocycles. The highest BCUT2D eigenvalue weighted by Gasteiger charge is 2.08. The normalized spacial score (nSPS) is 11.0. The molecule has 0 bridgehead atoms. The Morgan fingerprint density at radius 1 is 1.25 bits per heavy atom. The average Bonchev–Trinajstić information content (AvgIpc) is 2.85. The van der Waals surface area contributed by atoms with Gasteiger partial charge in [-0.05, 0) is 12.5 Å². The Bertz CT molecular complexity index is 524. The molecule has 2 aromatic heterocycles. The molecule has 2 aromatic rings. The highest BCUT2D eigenvalue weighted by molar-refractivity contribution is 5.17. The molecule has 108 valence electrons. The Kier molecular flexibility index (Phi) is 5.09. The van der Waals surface area contributed by atoms with Gasteiger partial charge < -0.3 is 14.8 Å². The van der Waals surface area contributed by atoms with E-state index in [1.807, 2.05) is 25.3 Å². The van der Waals surface area contributed by atoms with Crippen molar-refractivity contribution in [1.82, 2.24) is 19.9 Å². The van der Waals surface area contributed by atoms with Gasteiger partial charge in [-0.2, -0.15) is 0 Å². The first kappa shape index (κ1) is 14.5. The first-order chi connectivity index (χ1) is 9.71. The van der Waals surface area contributed by atoms with Gasteiger partial charge in [0.05, 0.1) is 13.7 Å². The molecule has 20 heavy (non-hydrogen) atoms. The van der Waals surface area contributed by atoms with Crippen LogP contribution < -0.4 is 4.74 Å². The van der Waals surface area contributed by atoms with Gasteiger partial charge >= 0.3 is 0 Å². The highest BCUT2D eigenvalue weighted by atomic mass is 16.5. The minimum absolute atomic E-state index is 0.122. The fraction of sp³-hybridized carbons (Fsp3) is 0.429. The van der Waals surface area contributed by atoms with Crippen LogP contribution in [0.5, 0.6) is 5.88 Å². The summed E-state index contributed by atoms with van der Waals surface area (Å²) < 4.78 is 5.04. The van der Waals surface area contributed by atoms with Crippen LogP contribution in [-0.4, -0.2) is 45.2 Å². The van der Waals surface area contributed by atoms with Crippen molar-refractivity contribution < 1.29 is 9.84 Å². The number of methoxy groups -OCH3 is 1. The number of rotatable bonds is 7. The molecule has 0 aliphatic rings. The van der Waals surface area contributed by atoms with Gasteiger partial charge in [0.15, 0.2) is 0 Å². The van der Waals surface area contributed by atoms with Crippen LogP contribution in [0.15, 0.2) is 24.5 Å². The summed E-state index contributed by atoms with van der Waals surface area (Å²) in [5.41, 5.74) is 2.12. The second-order valence-corrected chi connectivity index (χ2v) is 4.64. The van der Waals surface area contributed by atoms with Gasteiger partial charge in [0.25, 0.3) is 0 Å². The molecule has 6 heteroatoms. The fourth-order valence-corrected chi connectivity index (χ4v) is 2.03. The van der Waals surface area contributed by atoms with E-state index in [-0.39, 0.29) is 6.61 Å². The molecule has 2 N–H and O–H groups in total. The van der Waals surface area contributed by atoms with Crippen molar-refractivity contribution in [3.05, 3.63) is 41.6 Å². The van der Waals surface area contributed by atoms with E-state index in [0.29, 0.717) is 19.0 Å². The molecule has 0 aliphatic heterocycles. The largest absolute Gasteiger partial charge is 0.481 e. The number of nitrogens with one attached hydrogen (secondary N) is 1. The van der Waals surface area contributed by atoms with Crippen LogP contribution in [0.3, 0.4) is 0 Å². The van der Waals surface area contributed by atoms with Crippen molar-refractivity contribution in [1.29, 1.82) is 0 Å². The number of hydrogen-bond acceptors (Lipinski definition) is 5. The van der Waals surface area contributed by atoms with Gasteiger partial charge in [0, 0.05) is 43.8 Å². The Morgan fingerprint density at radius 2 is 2.10 bits per heavy atom. The number of aliphatic hydroxyl groups excluding tert-OH is 1. The van der Waals surface area contributed by atoms with Crippen molar-refractivity contribution in [3.63, 3.8) is 0 Å². The number of H-pyrrole nitrogens is 1. The summed E-state index contributed by atoms with van der Waals surface area (Å²) in [6.45, 7) is 4.08. The molecule has 0 fully saturated rings. The SMILES string of the molecule is COc1ccc(CN(CCO)Cc2cnc(C)[nH]2)cn1. The lowest BCUT2D eigenvalue weighted by atomic mass is 10.2. The number of aromatic nitrogens is 3. The van der Waals surface area contributed by atoms with Gasteiger partial charge in [-0.1, -0.05) is 6.07 Å². The topological polar surface area (TPSA) is 74.3 Å². The molecule has 0 saturated heterocycles. The number of aliphatic hydroxyl groups is 1. The van der Waals surface area contributed by atoms with E-state index >= 15 is 0 Å². The average molecular weight is 276 g/mol. The molecule has 0 aromatic carbocycles. The van der Waals surface area contributed by atoms with Gasteiger partial charge in [-0.25, -0.2) is 9.97 Å². The number of aromatic amines is 1. The third kappa shape index (κ3) is 4.04. The number of aryl methyl sites for hydroxylation is 1. The third-order valence-electron chi connectivity index (χ3n) is 2.98. The van der Waals surface area contributed by atoms with E-state index in [1.165, 1.54) is 0 Å². The van der Waals surface area contributed by atoms with Crippen molar-refractivity contribution in [3.8, 4) is 5.88 Å². The van der Waals surface area contributed by atoms with Crippen LogP contribution in [0.25, 0.3) is 0 Å². The molecule has 2 heterocycles. The van der Waals surface area contributed by atoms with Crippen LogP contribution in [0.2, 0.25) is 0 Å². The van der Waals surface area contributed by atoms with Crippen molar-refractivity contribution >= 4 is 0 Å². The molecule has 0 spiro atoms. The predicted octanol–water partition coefficient (Wildman–Crippen LogP) is 1.12. The lowest BCUT2D eigenvalue weighted by molar-refractivity contribution is 0.183. The summed E-state index contributed by atoms with van der Waals surface area (Å²) in [6.07, 6.45) is 3.62. The predicted molar refractivity (Wildman–Crippen MR) is 75.3 cm³/mol. The number of imidazole rings is 1. The maximum atomic E-state index is 9.18. The second-order valence-electron chi connectivity index (χ2n) is 4.64. The summed E-state index contributed by atoms with van der Waals surface area (Å²) in [7, 11) is 1.60. The lowest BCUT2D eigenvalue weighted by Crippen LogP contribution is -2.26. The van der Waals surface area contributed by atoms with E-state index in [0.717, 1.165) is 23.6 Å². The summed E-state index contributed by atoms with van der Waals surface area (Å²) >= 11 is 0. The Morgan fingerprint density at radius 3 is 2.65 bits per heavy atom. The van der Waals surface area contributed by atoms with Crippen molar-refractivity contribution in [2.75, 3.05) is 20.3 Å². The third-order valence-corrected chi connectivity index (χ3v) is 2.98. The van der Waals surface area contributed by atoms with Gasteiger partial charge in [-0.3, -0.25) is 4.90 Å². The number of ether oxygens (including phenoxy) is 1. The Hall–Kier alpha value is -1.92. The molecule has 2 rings (SSSR count). The zero-order chi connectivity index (χ0) is 14.4. The fourth-order valence-electron chi connectivity index (χ4n) is 2.03. The lowest BCUT2D eigenvalue weighted by Gasteiger charge is -2.20. The maximum Gasteiger partial charge on any atom is 0.212 e. The molecular weight excluding hydrogens is 256 g/mol. The van der Waals surface area contributed by atoms with Crippen LogP contribution in [0, 0.1) is 6.92 Å². The second kappa shape index (κ2) is 7.02. The van der Waals surface area contributed by atoms with Crippen LogP contribution >= 0.6 is 0 Å². The van der Waals surface area contributed by atoms with E-state index in [1.54, 1.807) is 13.3 Å². The summed E-state index contributed by atoms with van der Waals surface area (Å²) in [4.78, 5) is 13.7. The summed E-state index contributed by atoms with van der Waals surface area (Å²) in [6, 6.07) is 3.82. The van der Waals surface area contributed by atoms with Gasteiger partial charge in [0.1, 0.15) is 5.82 Å². The van der Waals surface area contributed by atoms with Crippen LogP contribution in [-0.2, 0) is 13.1 Å². The molecule has 0 amide bonds. The molecule has 0 radical (unpaired) electrons. The van der Waals surface area contributed by atoms with Gasteiger partial charge in [-0.15, -0.1) is 0 Å². The van der Waals surface area contributed by atoms with E-state index in [9.17, 15) is 5.11 Å². The quantitative estimate of drug-likeness (QED) is 0.792. The van der Waals surface area contributed by atoms with Crippen molar-refractivity contribution in [2.45, 2.75) is 20.0 Å². The molecule has 0 atom stereocenters. The molecule has 0 unspecified atom stereocenters. The van der Waals surface area contributed by atoms with Crippen LogP contribution in [0.1, 0.15) is 17.1 Å². The Balaban J connectivity index is 2.00. The number of nitrogens with zero attached hydrogens (tertiary/aromatic N) is 3. The van der Waals surface area contributed by atoms with E-state index < -0.39 is 0 Å². The number of hydrogen-bond donors (Lipinski definition) is 2. The first-order valence-electron chi connectivity index (χ1n) is 6.54. The molecule has 0 saturated carbocycles. The van der Waals surface area contributed by atoms with Crippen LogP contribution in [0.4, 0.5) is 0 Å². The maximum absolute atomic E-state index is 9.18. The standard InChI is InChI=1S/C14H20N4O2/c1-11-15-8-13(17-11)10-18(5-6-19)9-12-3-4-14(20-2)16-7-12/h3-4,7-8,19H,5-6,9-10H2,1-2H3,(H,15,17). The monoisotopic (exact) mass is 276 g/mol. The smallest absolute Gasteiger partial charge is 0.212 e. The zero-order valence-electron chi connectivity index (χ0n) is 11.8. The van der Waals surface area contributed by atoms with Gasteiger partial charge in [0.2, 0.25) is 5.88 Å². The van der Waals surface area contributed by atoms with E-state index in [2.05, 4.69) is 19.9 Å².